The van der Waals surface area contributed by atoms with Gasteiger partial charge in [-0.3, -0.25) is 9.59 Å². The molecule has 0 saturated carbocycles. The van der Waals surface area contributed by atoms with Crippen molar-refractivity contribution in [1.82, 2.24) is 5.32 Å². The van der Waals surface area contributed by atoms with Gasteiger partial charge in [0.05, 0.1) is 6.54 Å². The summed E-state index contributed by atoms with van der Waals surface area (Å²) in [7, 11) is 0. The summed E-state index contributed by atoms with van der Waals surface area (Å²) >= 11 is 1.72. The Balaban J connectivity index is 1.79. The van der Waals surface area contributed by atoms with Gasteiger partial charge in [-0.25, -0.2) is 0 Å². The summed E-state index contributed by atoms with van der Waals surface area (Å²) in [6.07, 6.45) is 1.50. The van der Waals surface area contributed by atoms with Gasteiger partial charge in [0.25, 0.3) is 0 Å². The third-order valence-electron chi connectivity index (χ3n) is 3.93. The molecule has 0 unspecified atom stereocenters. The fourth-order valence-corrected chi connectivity index (χ4v) is 3.17. The van der Waals surface area contributed by atoms with Crippen molar-refractivity contribution in [2.75, 3.05) is 0 Å². The van der Waals surface area contributed by atoms with Gasteiger partial charge in [0.2, 0.25) is 5.91 Å². The summed E-state index contributed by atoms with van der Waals surface area (Å²) in [4.78, 5) is 26.5. The first-order valence-electron chi connectivity index (χ1n) is 7.94. The van der Waals surface area contributed by atoms with Crippen molar-refractivity contribution in [1.29, 1.82) is 0 Å². The summed E-state index contributed by atoms with van der Waals surface area (Å²) in [5.74, 6) is -0.0544. The number of rotatable bonds is 7. The van der Waals surface area contributed by atoms with E-state index in [1.54, 1.807) is 11.3 Å². The Bertz CT molecular complexity index is 703. The molecule has 0 aliphatic rings. The Hall–Kier alpha value is -1.94. The molecule has 2 aromatic rings. The minimum absolute atomic E-state index is 0.0210. The van der Waals surface area contributed by atoms with Crippen LogP contribution in [-0.4, -0.2) is 11.7 Å². The second-order valence-electron chi connectivity index (χ2n) is 5.72. The maximum atomic E-state index is 12.2. The van der Waals surface area contributed by atoms with E-state index in [2.05, 4.69) is 18.3 Å². The van der Waals surface area contributed by atoms with E-state index in [-0.39, 0.29) is 24.5 Å². The molecule has 0 saturated heterocycles. The lowest BCUT2D eigenvalue weighted by molar-refractivity contribution is -0.121. The summed E-state index contributed by atoms with van der Waals surface area (Å²) in [5.41, 5.74) is 2.96. The van der Waals surface area contributed by atoms with Crippen LogP contribution in [0.25, 0.3) is 0 Å². The van der Waals surface area contributed by atoms with Crippen LogP contribution in [0.2, 0.25) is 0 Å². The number of amides is 1. The van der Waals surface area contributed by atoms with Crippen LogP contribution in [0, 0.1) is 13.8 Å². The van der Waals surface area contributed by atoms with Crippen LogP contribution >= 0.6 is 11.3 Å². The maximum absolute atomic E-state index is 12.2. The highest BCUT2D eigenvalue weighted by Gasteiger charge is 2.10. The van der Waals surface area contributed by atoms with Gasteiger partial charge in [0, 0.05) is 28.2 Å². The molecule has 2 rings (SSSR count). The van der Waals surface area contributed by atoms with Crippen molar-refractivity contribution < 1.29 is 9.59 Å². The Kier molecular flexibility index (Phi) is 6.11. The van der Waals surface area contributed by atoms with E-state index >= 15 is 0 Å². The number of carbonyl (C=O) groups is 2. The number of aryl methyl sites for hydroxylation is 3. The third kappa shape index (κ3) is 5.03. The van der Waals surface area contributed by atoms with E-state index in [0.717, 1.165) is 16.9 Å². The van der Waals surface area contributed by atoms with E-state index in [4.69, 9.17) is 0 Å². The molecule has 0 radical (unpaired) electrons. The summed E-state index contributed by atoms with van der Waals surface area (Å²) < 4.78 is 0. The number of hydrogen-bond acceptors (Lipinski definition) is 3. The predicted molar refractivity (Wildman–Crippen MR) is 95.0 cm³/mol. The van der Waals surface area contributed by atoms with Crippen LogP contribution in [0.4, 0.5) is 0 Å². The second-order valence-corrected chi connectivity index (χ2v) is 6.97. The van der Waals surface area contributed by atoms with Gasteiger partial charge in [0.1, 0.15) is 0 Å². The lowest BCUT2D eigenvalue weighted by Crippen LogP contribution is -2.22. The first-order valence-corrected chi connectivity index (χ1v) is 8.76. The van der Waals surface area contributed by atoms with Gasteiger partial charge in [-0.05, 0) is 49.6 Å². The van der Waals surface area contributed by atoms with Crippen molar-refractivity contribution in [3.8, 4) is 0 Å². The van der Waals surface area contributed by atoms with Gasteiger partial charge >= 0.3 is 0 Å². The lowest BCUT2D eigenvalue weighted by Gasteiger charge is -2.06. The molecule has 23 heavy (non-hydrogen) atoms. The zero-order chi connectivity index (χ0) is 16.8. The van der Waals surface area contributed by atoms with E-state index in [0.29, 0.717) is 12.1 Å². The van der Waals surface area contributed by atoms with Crippen LogP contribution in [0.3, 0.4) is 0 Å². The highest BCUT2D eigenvalue weighted by molar-refractivity contribution is 7.11. The standard InChI is InChI=1S/C19H23NO2S/c1-4-16-7-8-17(23-16)12-20-19(22)10-9-18(21)15-6-5-13(2)14(3)11-15/h5-8,11H,4,9-10,12H2,1-3H3,(H,20,22). The van der Waals surface area contributed by atoms with E-state index < -0.39 is 0 Å². The number of hydrogen-bond donors (Lipinski definition) is 1. The fourth-order valence-electron chi connectivity index (χ4n) is 2.27. The van der Waals surface area contributed by atoms with Crippen molar-refractivity contribution in [3.05, 3.63) is 56.8 Å². The topological polar surface area (TPSA) is 46.2 Å². The third-order valence-corrected chi connectivity index (χ3v) is 5.16. The monoisotopic (exact) mass is 329 g/mol. The van der Waals surface area contributed by atoms with Gasteiger partial charge in [0.15, 0.2) is 5.78 Å². The molecular weight excluding hydrogens is 306 g/mol. The number of carbonyl (C=O) groups excluding carboxylic acids is 2. The Morgan fingerprint density at radius 1 is 1.00 bits per heavy atom. The minimum Gasteiger partial charge on any atom is -0.351 e. The molecule has 0 aliphatic heterocycles. The van der Waals surface area contributed by atoms with Gasteiger partial charge in [-0.2, -0.15) is 0 Å². The van der Waals surface area contributed by atoms with Crippen LogP contribution in [0.15, 0.2) is 30.3 Å². The molecule has 0 aliphatic carbocycles. The normalized spacial score (nSPS) is 10.6. The SMILES string of the molecule is CCc1ccc(CNC(=O)CCC(=O)c2ccc(C)c(C)c2)s1. The maximum Gasteiger partial charge on any atom is 0.220 e. The Labute approximate surface area is 141 Å². The zero-order valence-electron chi connectivity index (χ0n) is 13.9. The highest BCUT2D eigenvalue weighted by Crippen LogP contribution is 2.16. The number of thiophene rings is 1. The molecule has 1 amide bonds. The Morgan fingerprint density at radius 3 is 2.39 bits per heavy atom. The number of nitrogens with one attached hydrogen (secondary N) is 1. The number of ketones is 1. The molecular formula is C19H23NO2S. The van der Waals surface area contributed by atoms with Crippen LogP contribution in [0.5, 0.6) is 0 Å². The molecule has 1 N–H and O–H groups in total. The molecule has 122 valence electrons. The van der Waals surface area contributed by atoms with Crippen molar-refractivity contribution in [2.45, 2.75) is 46.6 Å². The van der Waals surface area contributed by atoms with Crippen molar-refractivity contribution in [3.63, 3.8) is 0 Å². The number of benzene rings is 1. The molecule has 0 bridgehead atoms. The van der Waals surface area contributed by atoms with Crippen LogP contribution in [-0.2, 0) is 17.8 Å². The average Bonchev–Trinajstić information content (AvgIpc) is 3.01. The fraction of sp³-hybridized carbons (Fsp3) is 0.368. The molecule has 0 atom stereocenters. The van der Waals surface area contributed by atoms with Gasteiger partial charge in [-0.15, -0.1) is 11.3 Å². The molecule has 1 heterocycles. The first-order chi connectivity index (χ1) is 11.0. The largest absolute Gasteiger partial charge is 0.351 e. The highest BCUT2D eigenvalue weighted by atomic mass is 32.1. The molecule has 1 aromatic heterocycles. The van der Waals surface area contributed by atoms with Gasteiger partial charge < -0.3 is 5.32 Å². The van der Waals surface area contributed by atoms with Crippen LogP contribution < -0.4 is 5.32 Å². The first kappa shape index (κ1) is 17.4. The van der Waals surface area contributed by atoms with E-state index in [1.807, 2.05) is 38.1 Å². The minimum atomic E-state index is -0.0753. The van der Waals surface area contributed by atoms with Gasteiger partial charge in [-0.1, -0.05) is 19.1 Å². The van der Waals surface area contributed by atoms with E-state index in [9.17, 15) is 9.59 Å². The summed E-state index contributed by atoms with van der Waals surface area (Å²) in [6, 6.07) is 9.82. The van der Waals surface area contributed by atoms with Crippen LogP contribution in [0.1, 0.15) is 51.0 Å². The van der Waals surface area contributed by atoms with Crippen molar-refractivity contribution in [2.24, 2.45) is 0 Å². The molecule has 0 fully saturated rings. The van der Waals surface area contributed by atoms with E-state index in [1.165, 1.54) is 10.4 Å². The Morgan fingerprint density at radius 2 is 1.74 bits per heavy atom. The quantitative estimate of drug-likeness (QED) is 0.774. The molecule has 0 spiro atoms. The second kappa shape index (κ2) is 8.06. The molecule has 3 nitrogen and oxygen atoms in total. The lowest BCUT2D eigenvalue weighted by atomic mass is 10.0. The molecule has 1 aromatic carbocycles. The number of Topliss-reactive ketones (excluding diaryl/α,β-unsaturated/α-hetero) is 1. The predicted octanol–water partition coefficient (Wildman–Crippen LogP) is 4.21. The smallest absolute Gasteiger partial charge is 0.220 e. The summed E-state index contributed by atoms with van der Waals surface area (Å²) in [5, 5.41) is 2.88. The molecule has 4 heteroatoms. The zero-order valence-corrected chi connectivity index (χ0v) is 14.8. The van der Waals surface area contributed by atoms with Crippen molar-refractivity contribution >= 4 is 23.0 Å². The average molecular weight is 329 g/mol. The summed E-state index contributed by atoms with van der Waals surface area (Å²) in [6.45, 7) is 6.67.